The Morgan fingerprint density at radius 2 is 1.71 bits per heavy atom. The molecule has 31 heavy (non-hydrogen) atoms. The zero-order chi connectivity index (χ0) is 22.0. The zero-order valence-electron chi connectivity index (χ0n) is 17.7. The predicted molar refractivity (Wildman–Crippen MR) is 124 cm³/mol. The van der Waals surface area contributed by atoms with Crippen LogP contribution in [0.15, 0.2) is 70.9 Å². The van der Waals surface area contributed by atoms with Gasteiger partial charge in [-0.1, -0.05) is 30.3 Å². The van der Waals surface area contributed by atoms with Gasteiger partial charge >= 0.3 is 0 Å². The summed E-state index contributed by atoms with van der Waals surface area (Å²) in [6, 6.07) is 17.8. The van der Waals surface area contributed by atoms with Crippen molar-refractivity contribution in [1.29, 1.82) is 0 Å². The standard InChI is InChI=1S/C24H26N2O3S2/c1-3-25(4-2)24(27)19-10-12-20(13-11-19)31(28,29)26-16-14-22-21(15-17-30-22)23(26)18-8-6-5-7-9-18/h5-13,15,17,23H,3-4,14,16H2,1-2H3. The molecule has 1 aromatic heterocycles. The quantitative estimate of drug-likeness (QED) is 0.548. The molecule has 1 aliphatic heterocycles. The molecule has 1 atom stereocenters. The molecule has 1 amide bonds. The Hall–Kier alpha value is -2.48. The van der Waals surface area contributed by atoms with Gasteiger partial charge in [0, 0.05) is 30.1 Å². The smallest absolute Gasteiger partial charge is 0.253 e. The zero-order valence-corrected chi connectivity index (χ0v) is 19.3. The summed E-state index contributed by atoms with van der Waals surface area (Å²) < 4.78 is 28.9. The average molecular weight is 455 g/mol. The van der Waals surface area contributed by atoms with Crippen LogP contribution in [0.25, 0.3) is 0 Å². The molecular weight excluding hydrogens is 428 g/mol. The fourth-order valence-electron chi connectivity index (χ4n) is 4.13. The van der Waals surface area contributed by atoms with E-state index in [0.717, 1.165) is 11.1 Å². The van der Waals surface area contributed by atoms with E-state index in [1.807, 2.05) is 55.6 Å². The molecule has 0 saturated heterocycles. The van der Waals surface area contributed by atoms with Crippen LogP contribution in [0.1, 0.15) is 46.3 Å². The highest BCUT2D eigenvalue weighted by Gasteiger charge is 2.38. The lowest BCUT2D eigenvalue weighted by Crippen LogP contribution is -2.40. The van der Waals surface area contributed by atoms with Gasteiger partial charge in [-0.25, -0.2) is 8.42 Å². The van der Waals surface area contributed by atoms with Gasteiger partial charge in [-0.2, -0.15) is 4.31 Å². The number of amides is 1. The highest BCUT2D eigenvalue weighted by atomic mass is 32.2. The number of fused-ring (bicyclic) bond motifs is 1. The Bertz CT molecular complexity index is 1150. The van der Waals surface area contributed by atoms with Crippen LogP contribution in [0, 0.1) is 0 Å². The molecule has 4 rings (SSSR count). The third-order valence-electron chi connectivity index (χ3n) is 5.80. The Morgan fingerprint density at radius 3 is 2.35 bits per heavy atom. The van der Waals surface area contributed by atoms with E-state index in [-0.39, 0.29) is 16.8 Å². The van der Waals surface area contributed by atoms with Crippen LogP contribution in [0.5, 0.6) is 0 Å². The van der Waals surface area contributed by atoms with Crippen LogP contribution in [-0.4, -0.2) is 43.2 Å². The normalized spacial score (nSPS) is 16.6. The first-order chi connectivity index (χ1) is 15.0. The molecule has 0 radical (unpaired) electrons. The Labute approximate surface area is 188 Å². The summed E-state index contributed by atoms with van der Waals surface area (Å²) in [5, 5.41) is 2.03. The molecule has 1 aliphatic rings. The van der Waals surface area contributed by atoms with E-state index >= 15 is 0 Å². The molecule has 0 spiro atoms. The lowest BCUT2D eigenvalue weighted by molar-refractivity contribution is 0.0773. The maximum Gasteiger partial charge on any atom is 0.253 e. The highest BCUT2D eigenvalue weighted by Crippen LogP contribution is 2.40. The Balaban J connectivity index is 1.70. The van der Waals surface area contributed by atoms with E-state index in [4.69, 9.17) is 0 Å². The number of carbonyl (C=O) groups excluding carboxylic acids is 1. The minimum absolute atomic E-state index is 0.0861. The molecule has 5 nitrogen and oxygen atoms in total. The molecule has 0 N–H and O–H groups in total. The third kappa shape index (κ3) is 4.05. The van der Waals surface area contributed by atoms with E-state index in [9.17, 15) is 13.2 Å². The minimum atomic E-state index is -3.74. The maximum absolute atomic E-state index is 13.7. The molecular formula is C24H26N2O3S2. The van der Waals surface area contributed by atoms with Crippen LogP contribution in [-0.2, 0) is 16.4 Å². The lowest BCUT2D eigenvalue weighted by atomic mass is 9.95. The SMILES string of the molecule is CCN(CC)C(=O)c1ccc(S(=O)(=O)N2CCc3sccc3C2c2ccccc2)cc1. The van der Waals surface area contributed by atoms with Crippen LogP contribution in [0.3, 0.4) is 0 Å². The molecule has 3 aromatic rings. The van der Waals surface area contributed by atoms with Crippen LogP contribution in [0.2, 0.25) is 0 Å². The van der Waals surface area contributed by atoms with Gasteiger partial charge in [0.05, 0.1) is 10.9 Å². The summed E-state index contributed by atoms with van der Waals surface area (Å²) >= 11 is 1.68. The van der Waals surface area contributed by atoms with Crippen LogP contribution >= 0.6 is 11.3 Å². The van der Waals surface area contributed by atoms with Crippen molar-refractivity contribution in [2.75, 3.05) is 19.6 Å². The third-order valence-corrected chi connectivity index (χ3v) is 8.67. The number of rotatable bonds is 6. The molecule has 0 saturated carbocycles. The molecule has 0 fully saturated rings. The molecule has 0 aliphatic carbocycles. The summed E-state index contributed by atoms with van der Waals surface area (Å²) in [5.41, 5.74) is 2.51. The van der Waals surface area contributed by atoms with Crippen LogP contribution < -0.4 is 0 Å². The molecule has 0 bridgehead atoms. The van der Waals surface area contributed by atoms with Crippen molar-refractivity contribution < 1.29 is 13.2 Å². The van der Waals surface area contributed by atoms with Crippen molar-refractivity contribution >= 4 is 27.3 Å². The summed E-state index contributed by atoms with van der Waals surface area (Å²) in [6.45, 7) is 5.52. The van der Waals surface area contributed by atoms with Crippen molar-refractivity contribution in [2.45, 2.75) is 31.2 Å². The lowest BCUT2D eigenvalue weighted by Gasteiger charge is -2.35. The highest BCUT2D eigenvalue weighted by molar-refractivity contribution is 7.89. The monoisotopic (exact) mass is 454 g/mol. The first-order valence-electron chi connectivity index (χ1n) is 10.5. The van der Waals surface area contributed by atoms with Gasteiger partial charge in [0.1, 0.15) is 0 Å². The van der Waals surface area contributed by atoms with Crippen LogP contribution in [0.4, 0.5) is 0 Å². The number of carbonyl (C=O) groups is 1. The van der Waals surface area contributed by atoms with Crippen molar-refractivity contribution in [3.8, 4) is 0 Å². The number of hydrogen-bond donors (Lipinski definition) is 0. The van der Waals surface area contributed by atoms with E-state index in [1.165, 1.54) is 4.88 Å². The Kier molecular flexibility index (Phi) is 6.27. The largest absolute Gasteiger partial charge is 0.339 e. The van der Waals surface area contributed by atoms with Crippen molar-refractivity contribution in [1.82, 2.24) is 9.21 Å². The second kappa shape index (κ2) is 8.94. The van der Waals surface area contributed by atoms with Crippen molar-refractivity contribution in [3.05, 3.63) is 87.6 Å². The van der Waals surface area contributed by atoms with Gasteiger partial charge in [-0.3, -0.25) is 4.79 Å². The van der Waals surface area contributed by atoms with E-state index in [1.54, 1.807) is 44.8 Å². The fourth-order valence-corrected chi connectivity index (χ4v) is 6.63. The number of sulfonamides is 1. The molecule has 1 unspecified atom stereocenters. The first-order valence-corrected chi connectivity index (χ1v) is 12.8. The van der Waals surface area contributed by atoms with E-state index in [0.29, 0.717) is 31.6 Å². The van der Waals surface area contributed by atoms with E-state index in [2.05, 4.69) is 0 Å². The molecule has 2 aromatic carbocycles. The summed E-state index contributed by atoms with van der Waals surface area (Å²) in [5.74, 6) is -0.0861. The second-order valence-corrected chi connectivity index (χ2v) is 10.4. The second-order valence-electron chi connectivity index (χ2n) is 7.48. The first kappa shape index (κ1) is 21.7. The van der Waals surface area contributed by atoms with Crippen molar-refractivity contribution in [3.63, 3.8) is 0 Å². The van der Waals surface area contributed by atoms with Gasteiger partial charge in [0.2, 0.25) is 10.0 Å². The molecule has 2 heterocycles. The van der Waals surface area contributed by atoms with E-state index < -0.39 is 10.0 Å². The van der Waals surface area contributed by atoms with Gasteiger partial charge in [-0.15, -0.1) is 11.3 Å². The Morgan fingerprint density at radius 1 is 1.03 bits per heavy atom. The molecule has 162 valence electrons. The summed E-state index contributed by atoms with van der Waals surface area (Å²) in [4.78, 5) is 15.7. The van der Waals surface area contributed by atoms with Gasteiger partial charge < -0.3 is 4.90 Å². The summed E-state index contributed by atoms with van der Waals surface area (Å²) in [7, 11) is -3.74. The van der Waals surface area contributed by atoms with Gasteiger partial charge in [0.15, 0.2) is 0 Å². The minimum Gasteiger partial charge on any atom is -0.339 e. The fraction of sp³-hybridized carbons (Fsp3) is 0.292. The van der Waals surface area contributed by atoms with Crippen molar-refractivity contribution in [2.24, 2.45) is 0 Å². The average Bonchev–Trinajstić information content (AvgIpc) is 3.29. The number of hydrogen-bond acceptors (Lipinski definition) is 4. The molecule has 7 heteroatoms. The van der Waals surface area contributed by atoms with Gasteiger partial charge in [0.25, 0.3) is 5.91 Å². The number of nitrogens with zero attached hydrogens (tertiary/aromatic N) is 2. The topological polar surface area (TPSA) is 57.7 Å². The number of benzene rings is 2. The predicted octanol–water partition coefficient (Wildman–Crippen LogP) is 4.57. The van der Waals surface area contributed by atoms with Gasteiger partial charge in [-0.05, 0) is 67.1 Å². The summed E-state index contributed by atoms with van der Waals surface area (Å²) in [6.07, 6.45) is 0.702. The number of thiophene rings is 1. The maximum atomic E-state index is 13.7.